The second kappa shape index (κ2) is 11.0. The molecule has 1 aromatic carbocycles. The summed E-state index contributed by atoms with van der Waals surface area (Å²) in [6.07, 6.45) is 5.38. The van der Waals surface area contributed by atoms with Crippen LogP contribution in [0.2, 0.25) is 0 Å². The fourth-order valence-electron chi connectivity index (χ4n) is 4.68. The molecule has 0 aliphatic carbocycles. The summed E-state index contributed by atoms with van der Waals surface area (Å²) in [4.78, 5) is 39.0. The Kier molecular flexibility index (Phi) is 7.76. The van der Waals surface area contributed by atoms with E-state index in [1.54, 1.807) is 0 Å². The molecule has 2 amide bonds. The van der Waals surface area contributed by atoms with Gasteiger partial charge in [-0.2, -0.15) is 0 Å². The van der Waals surface area contributed by atoms with Crippen LogP contribution in [0.4, 0.5) is 5.82 Å². The van der Waals surface area contributed by atoms with E-state index in [2.05, 4.69) is 44.4 Å². The molecule has 7 heteroatoms. The summed E-state index contributed by atoms with van der Waals surface area (Å²) < 4.78 is 0. The van der Waals surface area contributed by atoms with Gasteiger partial charge in [0.05, 0.1) is 11.6 Å². The zero-order valence-corrected chi connectivity index (χ0v) is 21.2. The molecule has 3 heterocycles. The van der Waals surface area contributed by atoms with Crippen molar-refractivity contribution in [1.82, 2.24) is 15.2 Å². The predicted octanol–water partition coefficient (Wildman–Crippen LogP) is 4.09. The number of dihydropyridines is 1. The first kappa shape index (κ1) is 24.8. The van der Waals surface area contributed by atoms with Gasteiger partial charge in [-0.15, -0.1) is 0 Å². The Labute approximate surface area is 207 Å². The lowest BCUT2D eigenvalue weighted by atomic mass is 9.95. The van der Waals surface area contributed by atoms with Gasteiger partial charge in [0, 0.05) is 43.0 Å². The third-order valence-electron chi connectivity index (χ3n) is 6.54. The number of aliphatic imine (C=N–C) groups is 1. The SMILES string of the molecule is CC1=CC(C)=NC(=O)C1CNC(=O)c1cc(-c2ccc(CN(C)C)cc2)nc(N2CCCCC2)c1. The van der Waals surface area contributed by atoms with Crippen LogP contribution in [0.5, 0.6) is 0 Å². The summed E-state index contributed by atoms with van der Waals surface area (Å²) in [7, 11) is 4.10. The van der Waals surface area contributed by atoms with Crippen molar-refractivity contribution >= 4 is 23.3 Å². The molecule has 0 saturated carbocycles. The molecule has 1 aromatic heterocycles. The monoisotopic (exact) mass is 473 g/mol. The Morgan fingerprint density at radius 2 is 1.80 bits per heavy atom. The highest BCUT2D eigenvalue weighted by Crippen LogP contribution is 2.26. The van der Waals surface area contributed by atoms with Crippen molar-refractivity contribution in [2.75, 3.05) is 38.6 Å². The number of hydrogen-bond donors (Lipinski definition) is 1. The first-order chi connectivity index (χ1) is 16.8. The van der Waals surface area contributed by atoms with Gasteiger partial charge in [-0.3, -0.25) is 9.59 Å². The van der Waals surface area contributed by atoms with E-state index in [0.717, 1.165) is 55.1 Å². The van der Waals surface area contributed by atoms with E-state index < -0.39 is 5.92 Å². The second-order valence-electron chi connectivity index (χ2n) is 9.82. The van der Waals surface area contributed by atoms with Crippen LogP contribution in [-0.4, -0.2) is 61.1 Å². The maximum absolute atomic E-state index is 13.2. The smallest absolute Gasteiger partial charge is 0.254 e. The van der Waals surface area contributed by atoms with E-state index in [-0.39, 0.29) is 18.4 Å². The lowest BCUT2D eigenvalue weighted by molar-refractivity contribution is -0.120. The van der Waals surface area contributed by atoms with E-state index in [1.807, 2.05) is 46.2 Å². The molecule has 1 atom stereocenters. The Morgan fingerprint density at radius 3 is 2.46 bits per heavy atom. The van der Waals surface area contributed by atoms with E-state index in [0.29, 0.717) is 11.3 Å². The molecule has 2 aromatic rings. The predicted molar refractivity (Wildman–Crippen MR) is 141 cm³/mol. The van der Waals surface area contributed by atoms with Crippen molar-refractivity contribution in [3.8, 4) is 11.3 Å². The van der Waals surface area contributed by atoms with Gasteiger partial charge in [-0.1, -0.05) is 29.8 Å². The highest BCUT2D eigenvalue weighted by molar-refractivity contribution is 6.06. The van der Waals surface area contributed by atoms with Crippen molar-refractivity contribution in [3.05, 3.63) is 59.2 Å². The second-order valence-corrected chi connectivity index (χ2v) is 9.82. The number of benzene rings is 1. The van der Waals surface area contributed by atoms with Gasteiger partial charge in [0.25, 0.3) is 11.8 Å². The summed E-state index contributed by atoms with van der Waals surface area (Å²) in [5.41, 5.74) is 5.16. The van der Waals surface area contributed by atoms with Crippen molar-refractivity contribution in [1.29, 1.82) is 0 Å². The minimum atomic E-state index is -0.422. The van der Waals surface area contributed by atoms with Crippen molar-refractivity contribution in [3.63, 3.8) is 0 Å². The quantitative estimate of drug-likeness (QED) is 0.655. The minimum Gasteiger partial charge on any atom is -0.357 e. The first-order valence-electron chi connectivity index (χ1n) is 12.4. The summed E-state index contributed by atoms with van der Waals surface area (Å²) >= 11 is 0. The average Bonchev–Trinajstić information content (AvgIpc) is 2.83. The third kappa shape index (κ3) is 6.22. The molecule has 0 radical (unpaired) electrons. The number of pyridine rings is 1. The molecule has 1 unspecified atom stereocenters. The van der Waals surface area contributed by atoms with Gasteiger partial charge in [0.15, 0.2) is 0 Å². The molecule has 2 aliphatic rings. The van der Waals surface area contributed by atoms with Crippen LogP contribution in [-0.2, 0) is 11.3 Å². The summed E-state index contributed by atoms with van der Waals surface area (Å²) in [5.74, 6) is -0.00225. The highest BCUT2D eigenvalue weighted by Gasteiger charge is 2.25. The van der Waals surface area contributed by atoms with Crippen LogP contribution in [0, 0.1) is 5.92 Å². The zero-order valence-electron chi connectivity index (χ0n) is 21.2. The fraction of sp³-hybridized carbons (Fsp3) is 0.429. The van der Waals surface area contributed by atoms with Gasteiger partial charge < -0.3 is 15.1 Å². The molecule has 1 N–H and O–H groups in total. The molecule has 35 heavy (non-hydrogen) atoms. The van der Waals surface area contributed by atoms with E-state index >= 15 is 0 Å². The molecule has 1 fully saturated rings. The number of carbonyl (C=O) groups is 2. The standard InChI is InChI=1S/C28H35N5O2/c1-19-14-20(2)30-28(35)24(19)17-29-27(34)23-15-25(22-10-8-21(9-11-22)18-32(3)4)31-26(16-23)33-12-6-5-7-13-33/h8-11,14-16,24H,5-7,12-13,17-18H2,1-4H3,(H,29,34). The Bertz CT molecular complexity index is 1140. The molecule has 0 spiro atoms. The van der Waals surface area contributed by atoms with Crippen molar-refractivity contribution in [2.24, 2.45) is 10.9 Å². The molecule has 184 valence electrons. The molecule has 2 aliphatic heterocycles. The molecule has 1 saturated heterocycles. The van der Waals surface area contributed by atoms with E-state index in [1.165, 1.54) is 12.0 Å². The molecule has 0 bridgehead atoms. The number of nitrogens with zero attached hydrogens (tertiary/aromatic N) is 4. The number of amides is 2. The number of anilines is 1. The van der Waals surface area contributed by atoms with Gasteiger partial charge in [-0.05, 0) is 71.0 Å². The van der Waals surface area contributed by atoms with Crippen LogP contribution in [0.15, 0.2) is 53.0 Å². The summed E-state index contributed by atoms with van der Waals surface area (Å²) in [6.45, 7) is 6.70. The first-order valence-corrected chi connectivity index (χ1v) is 12.4. The Balaban J connectivity index is 1.58. The maximum atomic E-state index is 13.2. The molecular weight excluding hydrogens is 438 g/mol. The summed E-state index contributed by atoms with van der Waals surface area (Å²) in [5, 5.41) is 2.96. The minimum absolute atomic E-state index is 0.204. The topological polar surface area (TPSA) is 77.9 Å². The molecular formula is C28H35N5O2. The zero-order chi connectivity index (χ0) is 24.9. The van der Waals surface area contributed by atoms with Crippen LogP contribution in [0.25, 0.3) is 11.3 Å². The van der Waals surface area contributed by atoms with Crippen molar-refractivity contribution < 1.29 is 9.59 Å². The number of hydrogen-bond acceptors (Lipinski definition) is 5. The number of rotatable bonds is 7. The van der Waals surface area contributed by atoms with Gasteiger partial charge in [0.2, 0.25) is 0 Å². The normalized spacial score (nSPS) is 18.4. The van der Waals surface area contributed by atoms with Gasteiger partial charge in [-0.25, -0.2) is 9.98 Å². The van der Waals surface area contributed by atoms with Crippen molar-refractivity contribution in [2.45, 2.75) is 39.7 Å². The Hall–Kier alpha value is -3.32. The number of piperidine rings is 1. The van der Waals surface area contributed by atoms with E-state index in [9.17, 15) is 9.59 Å². The Morgan fingerprint density at radius 1 is 1.09 bits per heavy atom. The number of aromatic nitrogens is 1. The van der Waals surface area contributed by atoms with Crippen LogP contribution in [0.1, 0.15) is 49.0 Å². The number of allylic oxidation sites excluding steroid dienone is 1. The van der Waals surface area contributed by atoms with Gasteiger partial charge in [0.1, 0.15) is 5.82 Å². The van der Waals surface area contributed by atoms with E-state index in [4.69, 9.17) is 4.98 Å². The molecule has 4 rings (SSSR count). The fourth-order valence-corrected chi connectivity index (χ4v) is 4.68. The summed E-state index contributed by atoms with van der Waals surface area (Å²) in [6, 6.07) is 12.1. The lowest BCUT2D eigenvalue weighted by Crippen LogP contribution is -2.35. The maximum Gasteiger partial charge on any atom is 0.254 e. The number of nitrogens with one attached hydrogen (secondary N) is 1. The largest absolute Gasteiger partial charge is 0.357 e. The third-order valence-corrected chi connectivity index (χ3v) is 6.54. The van der Waals surface area contributed by atoms with Gasteiger partial charge >= 0.3 is 0 Å². The lowest BCUT2D eigenvalue weighted by Gasteiger charge is -2.28. The molecule has 7 nitrogen and oxygen atoms in total. The van der Waals surface area contributed by atoms with Crippen LogP contribution in [0.3, 0.4) is 0 Å². The van der Waals surface area contributed by atoms with Crippen LogP contribution >= 0.6 is 0 Å². The highest BCUT2D eigenvalue weighted by atomic mass is 16.2. The van der Waals surface area contributed by atoms with Crippen LogP contribution < -0.4 is 10.2 Å². The average molecular weight is 474 g/mol. The number of carbonyl (C=O) groups excluding carboxylic acids is 2.